The summed E-state index contributed by atoms with van der Waals surface area (Å²) in [5.41, 5.74) is 3.22. The first kappa shape index (κ1) is 23.4. The average Bonchev–Trinajstić information content (AvgIpc) is 3.25. The minimum absolute atomic E-state index is 0.253. The van der Waals surface area contributed by atoms with Gasteiger partial charge in [-0.1, -0.05) is 0 Å². The van der Waals surface area contributed by atoms with Crippen LogP contribution in [0.3, 0.4) is 0 Å². The van der Waals surface area contributed by atoms with Crippen LogP contribution in [0.4, 0.5) is 20.2 Å². The zero-order chi connectivity index (χ0) is 24.4. The molecule has 1 aliphatic heterocycles. The number of aryl methyl sites for hydroxylation is 1. The van der Waals surface area contributed by atoms with Gasteiger partial charge in [-0.05, 0) is 92.7 Å². The fourth-order valence-electron chi connectivity index (χ4n) is 3.55. The van der Waals surface area contributed by atoms with E-state index in [-0.39, 0.29) is 12.5 Å². The summed E-state index contributed by atoms with van der Waals surface area (Å²) in [5.74, 6) is -1.62. The molecular formula is C25H21F2N3O3S. The van der Waals surface area contributed by atoms with Crippen molar-refractivity contribution < 1.29 is 23.1 Å². The Kier molecular flexibility index (Phi) is 6.65. The molecule has 1 fully saturated rings. The Morgan fingerprint density at radius 2 is 1.71 bits per heavy atom. The third-order valence-electron chi connectivity index (χ3n) is 5.17. The number of carbonyl (C=O) groups excluding carboxylic acids is 2. The standard InChI is InChI=1S/C25H21F2N3O3S/c1-4-33-24(32)22-14(2)20(28-15(22)3)13-21-23(31)30(19-11-7-17(27)8-12-19)25(34-21)29-18-9-5-16(26)6-10-18/h5-13,28H,4H2,1-3H3/b21-13-,29-25?. The van der Waals surface area contributed by atoms with Crippen LogP contribution < -0.4 is 4.90 Å². The highest BCUT2D eigenvalue weighted by atomic mass is 32.2. The second-order valence-electron chi connectivity index (χ2n) is 7.48. The van der Waals surface area contributed by atoms with Crippen LogP contribution >= 0.6 is 11.8 Å². The summed E-state index contributed by atoms with van der Waals surface area (Å²) >= 11 is 1.13. The Morgan fingerprint density at radius 1 is 1.09 bits per heavy atom. The van der Waals surface area contributed by atoms with Crippen LogP contribution in [-0.2, 0) is 9.53 Å². The highest BCUT2D eigenvalue weighted by molar-refractivity contribution is 8.19. The van der Waals surface area contributed by atoms with Gasteiger partial charge in [0.25, 0.3) is 5.91 Å². The Morgan fingerprint density at radius 3 is 2.32 bits per heavy atom. The van der Waals surface area contributed by atoms with E-state index < -0.39 is 17.6 Å². The number of ether oxygens (including phenoxy) is 1. The van der Waals surface area contributed by atoms with Gasteiger partial charge in [0.1, 0.15) is 11.6 Å². The summed E-state index contributed by atoms with van der Waals surface area (Å²) in [6.07, 6.45) is 1.65. The molecule has 0 bridgehead atoms. The first-order valence-corrected chi connectivity index (χ1v) is 11.3. The maximum atomic E-state index is 13.5. The highest BCUT2D eigenvalue weighted by Crippen LogP contribution is 2.38. The van der Waals surface area contributed by atoms with Crippen LogP contribution in [0, 0.1) is 25.5 Å². The normalized spacial score (nSPS) is 16.0. The second-order valence-corrected chi connectivity index (χ2v) is 8.49. The lowest BCUT2D eigenvalue weighted by atomic mass is 10.1. The van der Waals surface area contributed by atoms with Gasteiger partial charge in [0, 0.05) is 11.4 Å². The molecule has 0 aliphatic carbocycles. The Balaban J connectivity index is 1.76. The number of aromatic nitrogens is 1. The van der Waals surface area contributed by atoms with Gasteiger partial charge in [-0.15, -0.1) is 0 Å². The summed E-state index contributed by atoms with van der Waals surface area (Å²) in [7, 11) is 0. The number of nitrogens with zero attached hydrogens (tertiary/aromatic N) is 2. The van der Waals surface area contributed by atoms with Crippen molar-refractivity contribution in [1.82, 2.24) is 4.98 Å². The van der Waals surface area contributed by atoms with E-state index in [1.54, 1.807) is 26.8 Å². The number of hydrogen-bond donors (Lipinski definition) is 1. The fourth-order valence-corrected chi connectivity index (χ4v) is 4.53. The van der Waals surface area contributed by atoms with Gasteiger partial charge in [0.15, 0.2) is 5.17 Å². The molecule has 6 nitrogen and oxygen atoms in total. The lowest BCUT2D eigenvalue weighted by Gasteiger charge is -2.15. The summed E-state index contributed by atoms with van der Waals surface area (Å²) < 4.78 is 32.0. The Labute approximate surface area is 199 Å². The molecule has 3 aromatic rings. The van der Waals surface area contributed by atoms with E-state index in [1.807, 2.05) is 0 Å². The predicted octanol–water partition coefficient (Wildman–Crippen LogP) is 5.90. The molecule has 0 radical (unpaired) electrons. The molecule has 4 rings (SSSR count). The summed E-state index contributed by atoms with van der Waals surface area (Å²) in [6, 6.07) is 11.1. The summed E-state index contributed by atoms with van der Waals surface area (Å²) in [6.45, 7) is 5.52. The predicted molar refractivity (Wildman–Crippen MR) is 129 cm³/mol. The number of aliphatic imine (C=N–C) groups is 1. The number of anilines is 1. The molecule has 34 heavy (non-hydrogen) atoms. The number of halogens is 2. The number of amides is 1. The molecule has 0 saturated carbocycles. The molecular weight excluding hydrogens is 460 g/mol. The minimum Gasteiger partial charge on any atom is -0.462 e. The van der Waals surface area contributed by atoms with Crippen molar-refractivity contribution in [1.29, 1.82) is 0 Å². The molecule has 1 aromatic heterocycles. The van der Waals surface area contributed by atoms with Gasteiger partial charge in [-0.2, -0.15) is 0 Å². The molecule has 0 spiro atoms. The smallest absolute Gasteiger partial charge is 0.340 e. The van der Waals surface area contributed by atoms with Crippen molar-refractivity contribution in [3.63, 3.8) is 0 Å². The van der Waals surface area contributed by atoms with Crippen LogP contribution in [-0.4, -0.2) is 28.6 Å². The number of amidine groups is 1. The Hall–Kier alpha value is -3.72. The number of hydrogen-bond acceptors (Lipinski definition) is 5. The number of thioether (sulfide) groups is 1. The molecule has 2 heterocycles. The molecule has 1 N–H and O–H groups in total. The van der Waals surface area contributed by atoms with E-state index in [0.717, 1.165) is 11.8 Å². The van der Waals surface area contributed by atoms with Crippen molar-refractivity contribution in [3.8, 4) is 0 Å². The summed E-state index contributed by atoms with van der Waals surface area (Å²) in [4.78, 5) is 35.1. The zero-order valence-electron chi connectivity index (χ0n) is 18.7. The topological polar surface area (TPSA) is 74.8 Å². The maximum absolute atomic E-state index is 13.5. The largest absolute Gasteiger partial charge is 0.462 e. The lowest BCUT2D eigenvalue weighted by molar-refractivity contribution is -0.113. The van der Waals surface area contributed by atoms with Crippen LogP contribution in [0.1, 0.15) is 34.2 Å². The number of H-pyrrole nitrogens is 1. The molecule has 1 aliphatic rings. The third kappa shape index (κ3) is 4.65. The zero-order valence-corrected chi connectivity index (χ0v) is 19.5. The molecule has 1 saturated heterocycles. The van der Waals surface area contributed by atoms with Gasteiger partial charge < -0.3 is 9.72 Å². The van der Waals surface area contributed by atoms with Gasteiger partial charge in [0.2, 0.25) is 0 Å². The van der Waals surface area contributed by atoms with Crippen molar-refractivity contribution in [2.24, 2.45) is 4.99 Å². The SMILES string of the molecule is CCOC(=O)c1c(C)[nH]c(/C=C2\SC(=Nc3ccc(F)cc3)N(c3ccc(F)cc3)C2=O)c1C. The maximum Gasteiger partial charge on any atom is 0.340 e. The van der Waals surface area contributed by atoms with Crippen molar-refractivity contribution >= 4 is 46.3 Å². The second kappa shape index (κ2) is 9.64. The first-order valence-electron chi connectivity index (χ1n) is 10.5. The highest BCUT2D eigenvalue weighted by Gasteiger charge is 2.35. The molecule has 0 atom stereocenters. The molecule has 9 heteroatoms. The number of aromatic amines is 1. The molecule has 174 valence electrons. The number of benzene rings is 2. The van der Waals surface area contributed by atoms with Crippen LogP contribution in [0.15, 0.2) is 58.4 Å². The minimum atomic E-state index is -0.435. The van der Waals surface area contributed by atoms with Crippen molar-refractivity contribution in [2.45, 2.75) is 20.8 Å². The Bertz CT molecular complexity index is 1310. The van der Waals surface area contributed by atoms with Crippen molar-refractivity contribution in [2.75, 3.05) is 11.5 Å². The van der Waals surface area contributed by atoms with Gasteiger partial charge in [-0.25, -0.2) is 18.6 Å². The fraction of sp³-hybridized carbons (Fsp3) is 0.160. The lowest BCUT2D eigenvalue weighted by Crippen LogP contribution is -2.28. The summed E-state index contributed by atoms with van der Waals surface area (Å²) in [5, 5.41) is 0.334. The number of esters is 1. The van der Waals surface area contributed by atoms with Crippen molar-refractivity contribution in [3.05, 3.63) is 87.6 Å². The molecule has 1 amide bonds. The molecule has 0 unspecified atom stereocenters. The van der Waals surface area contributed by atoms with E-state index in [4.69, 9.17) is 4.74 Å². The van der Waals surface area contributed by atoms with Crippen LogP contribution in [0.25, 0.3) is 6.08 Å². The van der Waals surface area contributed by atoms with Crippen LogP contribution in [0.5, 0.6) is 0 Å². The van der Waals surface area contributed by atoms with E-state index in [1.165, 1.54) is 53.4 Å². The molecule has 2 aromatic carbocycles. The number of rotatable bonds is 5. The van der Waals surface area contributed by atoms with E-state index in [0.29, 0.717) is 44.0 Å². The third-order valence-corrected chi connectivity index (χ3v) is 6.14. The number of carbonyl (C=O) groups is 2. The quantitative estimate of drug-likeness (QED) is 0.364. The monoisotopic (exact) mass is 481 g/mol. The number of nitrogens with one attached hydrogen (secondary N) is 1. The van der Waals surface area contributed by atoms with Gasteiger partial charge >= 0.3 is 5.97 Å². The average molecular weight is 482 g/mol. The van der Waals surface area contributed by atoms with Crippen LogP contribution in [0.2, 0.25) is 0 Å². The first-order chi connectivity index (χ1) is 16.3. The van der Waals surface area contributed by atoms with E-state index in [2.05, 4.69) is 9.98 Å². The van der Waals surface area contributed by atoms with E-state index in [9.17, 15) is 18.4 Å². The van der Waals surface area contributed by atoms with E-state index >= 15 is 0 Å². The van der Waals surface area contributed by atoms with Gasteiger partial charge in [-0.3, -0.25) is 9.69 Å². The van der Waals surface area contributed by atoms with Gasteiger partial charge in [0.05, 0.1) is 28.5 Å².